The van der Waals surface area contributed by atoms with Crippen LogP contribution in [0.3, 0.4) is 0 Å². The maximum Gasteiger partial charge on any atom is 0.105 e. The first-order chi connectivity index (χ1) is 11.3. The normalized spacial score (nSPS) is 15.6. The predicted molar refractivity (Wildman–Crippen MR) is 96.5 cm³/mol. The number of thiophene rings is 1. The van der Waals surface area contributed by atoms with Gasteiger partial charge in [0.05, 0.1) is 18.0 Å². The first-order valence-corrected chi connectivity index (χ1v) is 9.12. The summed E-state index contributed by atoms with van der Waals surface area (Å²) in [6, 6.07) is 12.3. The summed E-state index contributed by atoms with van der Waals surface area (Å²) in [5, 5.41) is 2.12. The third-order valence-corrected chi connectivity index (χ3v) is 6.32. The van der Waals surface area contributed by atoms with Gasteiger partial charge in [-0.05, 0) is 49.1 Å². The largest absolute Gasteiger partial charge is 0.306 e. The molecule has 0 bridgehead atoms. The van der Waals surface area contributed by atoms with Gasteiger partial charge in [0.25, 0.3) is 0 Å². The summed E-state index contributed by atoms with van der Waals surface area (Å²) < 4.78 is 2.32. The summed E-state index contributed by atoms with van der Waals surface area (Å²) in [6.45, 7) is 0.779. The molecule has 3 heterocycles. The van der Waals surface area contributed by atoms with E-state index in [1.54, 1.807) is 10.4 Å². The SMILES string of the molecule is Clc1ccc(C2=NCc3c(sc4c3CCC4)-n3cccc32)cc1. The van der Waals surface area contributed by atoms with Crippen LogP contribution in [-0.2, 0) is 19.4 Å². The molecule has 0 N–H and O–H groups in total. The molecule has 0 amide bonds. The third-order valence-electron chi connectivity index (χ3n) is 4.73. The Morgan fingerprint density at radius 2 is 1.91 bits per heavy atom. The van der Waals surface area contributed by atoms with Gasteiger partial charge in [0.15, 0.2) is 0 Å². The Morgan fingerprint density at radius 1 is 1.04 bits per heavy atom. The van der Waals surface area contributed by atoms with Gasteiger partial charge in [0, 0.05) is 27.2 Å². The van der Waals surface area contributed by atoms with Crippen LogP contribution >= 0.6 is 22.9 Å². The van der Waals surface area contributed by atoms with Gasteiger partial charge in [0.1, 0.15) is 5.00 Å². The second-order valence-electron chi connectivity index (χ2n) is 6.08. The van der Waals surface area contributed by atoms with Crippen molar-refractivity contribution in [2.75, 3.05) is 0 Å². The molecule has 2 nitrogen and oxygen atoms in total. The van der Waals surface area contributed by atoms with Gasteiger partial charge in [-0.3, -0.25) is 4.99 Å². The van der Waals surface area contributed by atoms with E-state index >= 15 is 0 Å². The Kier molecular flexibility index (Phi) is 3.00. The van der Waals surface area contributed by atoms with Gasteiger partial charge in [-0.2, -0.15) is 0 Å². The van der Waals surface area contributed by atoms with Crippen molar-refractivity contribution in [1.82, 2.24) is 4.57 Å². The fourth-order valence-corrected chi connectivity index (χ4v) is 5.17. The maximum absolute atomic E-state index is 6.04. The van der Waals surface area contributed by atoms with E-state index in [1.807, 2.05) is 23.5 Å². The average Bonchev–Trinajstić information content (AvgIpc) is 3.24. The molecule has 114 valence electrons. The monoisotopic (exact) mass is 338 g/mol. The summed E-state index contributed by atoms with van der Waals surface area (Å²) in [4.78, 5) is 6.56. The number of aryl methyl sites for hydroxylation is 1. The Bertz CT molecular complexity index is 931. The van der Waals surface area contributed by atoms with Crippen LogP contribution in [0.25, 0.3) is 5.00 Å². The summed E-state index contributed by atoms with van der Waals surface area (Å²) in [5.41, 5.74) is 6.35. The number of rotatable bonds is 1. The van der Waals surface area contributed by atoms with Crippen LogP contribution in [0.1, 0.15) is 33.7 Å². The highest BCUT2D eigenvalue weighted by atomic mass is 35.5. The molecule has 0 unspecified atom stereocenters. The zero-order valence-corrected chi connectivity index (χ0v) is 14.1. The van der Waals surface area contributed by atoms with Crippen LogP contribution in [0.4, 0.5) is 0 Å². The quantitative estimate of drug-likeness (QED) is 0.592. The zero-order chi connectivity index (χ0) is 15.4. The van der Waals surface area contributed by atoms with E-state index in [1.165, 1.54) is 35.5 Å². The molecule has 2 aliphatic rings. The predicted octanol–water partition coefficient (Wildman–Crippen LogP) is 5.03. The first-order valence-electron chi connectivity index (χ1n) is 7.93. The Balaban J connectivity index is 1.71. The van der Waals surface area contributed by atoms with Crippen molar-refractivity contribution < 1.29 is 0 Å². The van der Waals surface area contributed by atoms with E-state index in [0.717, 1.165) is 22.8 Å². The van der Waals surface area contributed by atoms with Crippen molar-refractivity contribution in [3.63, 3.8) is 0 Å². The number of fused-ring (bicyclic) bond motifs is 5. The molecule has 1 aromatic carbocycles. The molecule has 5 rings (SSSR count). The van der Waals surface area contributed by atoms with E-state index in [9.17, 15) is 0 Å². The number of benzene rings is 1. The van der Waals surface area contributed by atoms with Crippen LogP contribution < -0.4 is 0 Å². The fourth-order valence-electron chi connectivity index (χ4n) is 3.65. The van der Waals surface area contributed by atoms with Crippen molar-refractivity contribution in [2.45, 2.75) is 25.8 Å². The van der Waals surface area contributed by atoms with E-state index in [4.69, 9.17) is 16.6 Å². The number of nitrogens with zero attached hydrogens (tertiary/aromatic N) is 2. The standard InChI is InChI=1S/C19H15ClN2S/c20-13-8-6-12(7-9-13)18-16-4-2-10-22(16)19-15(11-21-18)14-3-1-5-17(14)23-19/h2,4,6-10H,1,3,5,11H2. The number of hydrogen-bond acceptors (Lipinski definition) is 2. The van der Waals surface area contributed by atoms with Gasteiger partial charge in [0.2, 0.25) is 0 Å². The van der Waals surface area contributed by atoms with Gasteiger partial charge in [-0.25, -0.2) is 0 Å². The molecule has 2 aromatic heterocycles. The molecular weight excluding hydrogens is 324 g/mol. The molecule has 1 aliphatic carbocycles. The summed E-state index contributed by atoms with van der Waals surface area (Å²) >= 11 is 7.99. The number of aromatic nitrogens is 1. The summed E-state index contributed by atoms with van der Waals surface area (Å²) in [6.07, 6.45) is 5.90. The molecule has 0 saturated carbocycles. The van der Waals surface area contributed by atoms with Crippen LogP contribution in [-0.4, -0.2) is 10.3 Å². The van der Waals surface area contributed by atoms with Gasteiger partial charge >= 0.3 is 0 Å². The smallest absolute Gasteiger partial charge is 0.105 e. The first kappa shape index (κ1) is 13.6. The highest BCUT2D eigenvalue weighted by molar-refractivity contribution is 7.15. The van der Waals surface area contributed by atoms with E-state index in [0.29, 0.717) is 0 Å². The highest BCUT2D eigenvalue weighted by Gasteiger charge is 2.26. The van der Waals surface area contributed by atoms with E-state index < -0.39 is 0 Å². The van der Waals surface area contributed by atoms with Crippen LogP contribution in [0.5, 0.6) is 0 Å². The minimum absolute atomic E-state index is 0.760. The van der Waals surface area contributed by atoms with Crippen molar-refractivity contribution in [3.8, 4) is 5.00 Å². The number of halogens is 1. The Labute approximate surface area is 144 Å². The van der Waals surface area contributed by atoms with Gasteiger partial charge < -0.3 is 4.57 Å². The van der Waals surface area contributed by atoms with Crippen molar-refractivity contribution in [1.29, 1.82) is 0 Å². The average molecular weight is 339 g/mol. The van der Waals surface area contributed by atoms with Crippen molar-refractivity contribution >= 4 is 28.6 Å². The topological polar surface area (TPSA) is 17.3 Å². The number of aliphatic imine (C=N–C) groups is 1. The van der Waals surface area contributed by atoms with Crippen LogP contribution in [0, 0.1) is 0 Å². The lowest BCUT2D eigenvalue weighted by molar-refractivity contribution is 0.900. The molecule has 23 heavy (non-hydrogen) atoms. The molecule has 0 radical (unpaired) electrons. The third kappa shape index (κ3) is 2.03. The molecule has 0 spiro atoms. The second-order valence-corrected chi connectivity index (χ2v) is 7.60. The molecular formula is C19H15ClN2S. The van der Waals surface area contributed by atoms with Gasteiger partial charge in [-0.1, -0.05) is 23.7 Å². The molecule has 0 atom stereocenters. The molecule has 0 saturated heterocycles. The molecule has 1 aliphatic heterocycles. The Hall–Kier alpha value is -1.84. The lowest BCUT2D eigenvalue weighted by atomic mass is 10.1. The zero-order valence-electron chi connectivity index (χ0n) is 12.6. The van der Waals surface area contributed by atoms with E-state index in [2.05, 4.69) is 35.0 Å². The minimum atomic E-state index is 0.760. The summed E-state index contributed by atoms with van der Waals surface area (Å²) in [7, 11) is 0. The van der Waals surface area contributed by atoms with Crippen molar-refractivity contribution in [3.05, 3.63) is 74.9 Å². The highest BCUT2D eigenvalue weighted by Crippen LogP contribution is 2.40. The lowest BCUT2D eigenvalue weighted by Crippen LogP contribution is -2.07. The van der Waals surface area contributed by atoms with E-state index in [-0.39, 0.29) is 0 Å². The van der Waals surface area contributed by atoms with Crippen LogP contribution in [0.15, 0.2) is 47.6 Å². The molecule has 3 aromatic rings. The summed E-state index contributed by atoms with van der Waals surface area (Å²) in [5.74, 6) is 0. The maximum atomic E-state index is 6.04. The molecule has 4 heteroatoms. The van der Waals surface area contributed by atoms with Gasteiger partial charge in [-0.15, -0.1) is 11.3 Å². The van der Waals surface area contributed by atoms with Crippen molar-refractivity contribution in [2.24, 2.45) is 4.99 Å². The Morgan fingerprint density at radius 3 is 2.78 bits per heavy atom. The molecule has 0 fully saturated rings. The fraction of sp³-hybridized carbons (Fsp3) is 0.211. The lowest BCUT2D eigenvalue weighted by Gasteiger charge is -2.08. The van der Waals surface area contributed by atoms with Crippen LogP contribution in [0.2, 0.25) is 5.02 Å². The second kappa shape index (κ2) is 5.08. The number of hydrogen-bond donors (Lipinski definition) is 0. The minimum Gasteiger partial charge on any atom is -0.306 e.